The first-order chi connectivity index (χ1) is 13.2. The van der Waals surface area contributed by atoms with Crippen molar-refractivity contribution in [2.45, 2.75) is 84.1 Å². The van der Waals surface area contributed by atoms with E-state index in [1.165, 1.54) is 20.8 Å². The highest BCUT2D eigenvalue weighted by atomic mass is 16.8. The molecule has 11 nitrogen and oxygen atoms in total. The molecule has 0 bridgehead atoms. The molecule has 3 atom stereocenters. The van der Waals surface area contributed by atoms with Gasteiger partial charge in [0.1, 0.15) is 5.60 Å². The van der Waals surface area contributed by atoms with Gasteiger partial charge in [-0.2, -0.15) is 0 Å². The van der Waals surface area contributed by atoms with Crippen molar-refractivity contribution in [2.75, 3.05) is 0 Å². The fourth-order valence-electron chi connectivity index (χ4n) is 2.58. The van der Waals surface area contributed by atoms with Gasteiger partial charge in [-0.1, -0.05) is 0 Å². The number of carbonyl (C=O) groups excluding carboxylic acids is 5. The van der Waals surface area contributed by atoms with Gasteiger partial charge in [0, 0.05) is 12.8 Å². The lowest BCUT2D eigenvalue weighted by Gasteiger charge is -2.23. The Bertz CT molecular complexity index is 707. The molecule has 11 heteroatoms. The second-order valence-corrected chi connectivity index (χ2v) is 8.08. The van der Waals surface area contributed by atoms with Crippen LogP contribution in [0.3, 0.4) is 0 Å². The van der Waals surface area contributed by atoms with E-state index in [4.69, 9.17) is 23.8 Å². The minimum absolute atomic E-state index is 0.0848. The molecule has 2 fully saturated rings. The zero-order valence-electron chi connectivity index (χ0n) is 17.2. The molecule has 0 aliphatic carbocycles. The van der Waals surface area contributed by atoms with E-state index in [9.17, 15) is 24.0 Å². The monoisotopic (exact) mass is 415 g/mol. The van der Waals surface area contributed by atoms with Crippen LogP contribution < -0.4 is 0 Å². The van der Waals surface area contributed by atoms with Gasteiger partial charge in [-0.25, -0.2) is 14.4 Å². The van der Waals surface area contributed by atoms with Crippen LogP contribution in [0.1, 0.15) is 54.4 Å². The molecule has 0 unspecified atom stereocenters. The Kier molecular flexibility index (Phi) is 6.33. The highest BCUT2D eigenvalue weighted by molar-refractivity contribution is 6.02. The molecule has 0 aromatic heterocycles. The summed E-state index contributed by atoms with van der Waals surface area (Å²) in [6.45, 7) is 9.17. The van der Waals surface area contributed by atoms with Gasteiger partial charge in [0.2, 0.25) is 0 Å². The number of hydroxylamine groups is 2. The number of imide groups is 1. The van der Waals surface area contributed by atoms with Crippen LogP contribution in [0, 0.1) is 0 Å². The summed E-state index contributed by atoms with van der Waals surface area (Å²) in [6, 6.07) is 0. The summed E-state index contributed by atoms with van der Waals surface area (Å²) in [4.78, 5) is 65.0. The standard InChI is InChI=1S/C18H25NO10/c1-9(14(22)28-17(2,3)4)25-15(23)12-13(27-18(5,6)26-12)16(24)29-19-10(20)7-8-11(19)21/h9,12-13H,7-8H2,1-6H3/t9-,12+,13+/m0/s1. The van der Waals surface area contributed by atoms with Crippen molar-refractivity contribution in [3.05, 3.63) is 0 Å². The van der Waals surface area contributed by atoms with Gasteiger partial charge in [0.05, 0.1) is 0 Å². The van der Waals surface area contributed by atoms with Crippen LogP contribution in [0.2, 0.25) is 0 Å². The smallest absolute Gasteiger partial charge is 0.365 e. The van der Waals surface area contributed by atoms with Gasteiger partial charge in [-0.3, -0.25) is 9.59 Å². The van der Waals surface area contributed by atoms with E-state index in [0.29, 0.717) is 5.06 Å². The molecule has 0 aromatic rings. The maximum Gasteiger partial charge on any atom is 0.365 e. The lowest BCUT2D eigenvalue weighted by Crippen LogP contribution is -2.45. The third kappa shape index (κ3) is 5.73. The van der Waals surface area contributed by atoms with Gasteiger partial charge in [-0.05, 0) is 41.5 Å². The summed E-state index contributed by atoms with van der Waals surface area (Å²) in [5, 5.41) is 0.336. The number of esters is 2. The van der Waals surface area contributed by atoms with E-state index in [1.54, 1.807) is 20.8 Å². The van der Waals surface area contributed by atoms with E-state index < -0.39 is 59.4 Å². The fourth-order valence-corrected chi connectivity index (χ4v) is 2.58. The number of hydrogen-bond donors (Lipinski definition) is 0. The normalized spacial score (nSPS) is 25.0. The molecular formula is C18H25NO10. The molecule has 29 heavy (non-hydrogen) atoms. The van der Waals surface area contributed by atoms with Crippen LogP contribution in [-0.2, 0) is 47.8 Å². The van der Waals surface area contributed by atoms with E-state index in [1.807, 2.05) is 0 Å². The molecule has 0 spiro atoms. The largest absolute Gasteiger partial charge is 0.457 e. The van der Waals surface area contributed by atoms with Crippen LogP contribution in [0.4, 0.5) is 0 Å². The number of amides is 2. The molecule has 2 rings (SSSR count). The lowest BCUT2D eigenvalue weighted by atomic mass is 10.2. The van der Waals surface area contributed by atoms with E-state index in [0.717, 1.165) is 0 Å². The average Bonchev–Trinajstić information content (AvgIpc) is 3.06. The van der Waals surface area contributed by atoms with Crippen molar-refractivity contribution in [3.63, 3.8) is 0 Å². The number of hydrogen-bond acceptors (Lipinski definition) is 10. The molecular weight excluding hydrogens is 390 g/mol. The fraction of sp³-hybridized carbons (Fsp3) is 0.722. The van der Waals surface area contributed by atoms with Crippen molar-refractivity contribution >= 4 is 29.7 Å². The SMILES string of the molecule is C[C@H](OC(=O)[C@@H]1OC(C)(C)O[C@H]1C(=O)ON1C(=O)CCC1=O)C(=O)OC(C)(C)C. The molecule has 0 radical (unpaired) electrons. The third-order valence-corrected chi connectivity index (χ3v) is 3.78. The molecule has 162 valence electrons. The van der Waals surface area contributed by atoms with Gasteiger partial charge < -0.3 is 23.8 Å². The van der Waals surface area contributed by atoms with Crippen molar-refractivity contribution < 1.29 is 47.8 Å². The summed E-state index contributed by atoms with van der Waals surface area (Å²) in [7, 11) is 0. The van der Waals surface area contributed by atoms with Crippen LogP contribution in [0.25, 0.3) is 0 Å². The number of nitrogens with zero attached hydrogens (tertiary/aromatic N) is 1. The predicted molar refractivity (Wildman–Crippen MR) is 92.4 cm³/mol. The molecule has 2 aliphatic rings. The second-order valence-electron chi connectivity index (χ2n) is 8.08. The molecule has 0 aromatic carbocycles. The molecule has 2 heterocycles. The summed E-state index contributed by atoms with van der Waals surface area (Å²) in [5.41, 5.74) is -0.784. The molecule has 0 N–H and O–H groups in total. The Labute approximate surface area is 167 Å². The van der Waals surface area contributed by atoms with Gasteiger partial charge in [0.25, 0.3) is 11.8 Å². The molecule has 2 amide bonds. The third-order valence-electron chi connectivity index (χ3n) is 3.78. The molecule has 2 saturated heterocycles. The van der Waals surface area contributed by atoms with Crippen LogP contribution in [0.5, 0.6) is 0 Å². The maximum atomic E-state index is 12.5. The summed E-state index contributed by atoms with van der Waals surface area (Å²) < 4.78 is 21.0. The second kappa shape index (κ2) is 8.07. The highest BCUT2D eigenvalue weighted by Crippen LogP contribution is 2.30. The summed E-state index contributed by atoms with van der Waals surface area (Å²) in [5.74, 6) is -5.74. The van der Waals surface area contributed by atoms with Gasteiger partial charge in [0.15, 0.2) is 24.1 Å². The Morgan fingerprint density at radius 3 is 2.00 bits per heavy atom. The lowest BCUT2D eigenvalue weighted by molar-refractivity contribution is -0.208. The topological polar surface area (TPSA) is 135 Å². The van der Waals surface area contributed by atoms with Crippen LogP contribution in [-0.4, -0.2) is 64.5 Å². The summed E-state index contributed by atoms with van der Waals surface area (Å²) in [6.07, 6.45) is -4.62. The maximum absolute atomic E-state index is 12.5. The number of carbonyl (C=O) groups is 5. The van der Waals surface area contributed by atoms with E-state index in [2.05, 4.69) is 0 Å². The minimum Gasteiger partial charge on any atom is -0.457 e. The Morgan fingerprint density at radius 1 is 1.03 bits per heavy atom. The summed E-state index contributed by atoms with van der Waals surface area (Å²) >= 11 is 0. The first-order valence-corrected chi connectivity index (χ1v) is 9.07. The zero-order valence-corrected chi connectivity index (χ0v) is 17.2. The van der Waals surface area contributed by atoms with E-state index in [-0.39, 0.29) is 12.8 Å². The number of rotatable bonds is 5. The van der Waals surface area contributed by atoms with Crippen molar-refractivity contribution in [1.29, 1.82) is 0 Å². The number of ether oxygens (including phenoxy) is 4. The Balaban J connectivity index is 2.07. The Hall–Kier alpha value is -2.53. The van der Waals surface area contributed by atoms with Crippen molar-refractivity contribution in [2.24, 2.45) is 0 Å². The van der Waals surface area contributed by atoms with Gasteiger partial charge in [-0.15, -0.1) is 5.06 Å². The molecule has 2 aliphatic heterocycles. The zero-order chi connectivity index (χ0) is 22.1. The quantitative estimate of drug-likeness (QED) is 0.458. The van der Waals surface area contributed by atoms with Crippen LogP contribution >= 0.6 is 0 Å². The highest BCUT2D eigenvalue weighted by Gasteiger charge is 2.52. The molecule has 0 saturated carbocycles. The van der Waals surface area contributed by atoms with Gasteiger partial charge >= 0.3 is 17.9 Å². The van der Waals surface area contributed by atoms with Crippen molar-refractivity contribution in [1.82, 2.24) is 5.06 Å². The van der Waals surface area contributed by atoms with Crippen LogP contribution in [0.15, 0.2) is 0 Å². The average molecular weight is 415 g/mol. The predicted octanol–water partition coefficient (Wildman–Crippen LogP) is 0.387. The minimum atomic E-state index is -1.61. The van der Waals surface area contributed by atoms with E-state index >= 15 is 0 Å². The first kappa shape index (κ1) is 22.8. The Morgan fingerprint density at radius 2 is 1.52 bits per heavy atom. The van der Waals surface area contributed by atoms with Crippen molar-refractivity contribution in [3.8, 4) is 0 Å². The first-order valence-electron chi connectivity index (χ1n) is 9.07.